The minimum atomic E-state index is -1.82. The van der Waals surface area contributed by atoms with E-state index in [1.807, 2.05) is 83.8 Å². The predicted octanol–water partition coefficient (Wildman–Crippen LogP) is 6.62. The second-order valence-electron chi connectivity index (χ2n) is 11.3. The summed E-state index contributed by atoms with van der Waals surface area (Å²) >= 11 is 0. The van der Waals surface area contributed by atoms with Crippen LogP contribution in [0.3, 0.4) is 0 Å². The number of hydrogen-bond donors (Lipinski definition) is 1. The molecule has 2 atom stereocenters. The van der Waals surface area contributed by atoms with Crippen LogP contribution in [0, 0.1) is 0 Å². The Bertz CT molecular complexity index is 1080. The standard InChI is InChI=1S/C32H41NO3Si/c1-37(2,3)29(21-14-24-36-25-26-15-7-4-8-16-26)31(34)33-23-13-22-30(33)32(35,27-17-9-5-10-18-27)28-19-11-6-12-20-28/h4-12,15-20,29-30,35H,13-14,21-25H2,1-3H3/t29-,30-/m0/s1. The molecule has 196 valence electrons. The van der Waals surface area contributed by atoms with Crippen molar-refractivity contribution in [3.05, 3.63) is 108 Å². The lowest BCUT2D eigenvalue weighted by Gasteiger charge is -2.42. The summed E-state index contributed by atoms with van der Waals surface area (Å²) < 4.78 is 5.93. The number of hydrogen-bond acceptors (Lipinski definition) is 3. The van der Waals surface area contributed by atoms with Gasteiger partial charge in [-0.2, -0.15) is 0 Å². The van der Waals surface area contributed by atoms with Gasteiger partial charge in [-0.25, -0.2) is 0 Å². The van der Waals surface area contributed by atoms with Gasteiger partial charge in [-0.15, -0.1) is 0 Å². The van der Waals surface area contributed by atoms with E-state index in [2.05, 4.69) is 31.8 Å². The smallest absolute Gasteiger partial charge is 0.223 e. The minimum Gasteiger partial charge on any atom is -0.378 e. The highest BCUT2D eigenvalue weighted by Crippen LogP contribution is 2.42. The van der Waals surface area contributed by atoms with Gasteiger partial charge in [0.1, 0.15) is 5.60 Å². The van der Waals surface area contributed by atoms with Crippen molar-refractivity contribution in [1.29, 1.82) is 0 Å². The van der Waals surface area contributed by atoms with Crippen LogP contribution in [0.1, 0.15) is 42.4 Å². The fourth-order valence-corrected chi connectivity index (χ4v) is 7.66. The van der Waals surface area contributed by atoms with Crippen LogP contribution in [0.4, 0.5) is 0 Å². The highest BCUT2D eigenvalue weighted by atomic mass is 28.3. The number of rotatable bonds is 11. The molecule has 0 spiro atoms. The fourth-order valence-electron chi connectivity index (χ4n) is 5.68. The lowest BCUT2D eigenvalue weighted by molar-refractivity contribution is -0.137. The van der Waals surface area contributed by atoms with Gasteiger partial charge in [-0.05, 0) is 42.4 Å². The molecule has 37 heavy (non-hydrogen) atoms. The molecule has 1 aliphatic heterocycles. The number of carbonyl (C=O) groups is 1. The molecule has 1 fully saturated rings. The Morgan fingerprint density at radius 3 is 2.03 bits per heavy atom. The lowest BCUT2D eigenvalue weighted by atomic mass is 9.79. The Kier molecular flexibility index (Phi) is 9.01. The summed E-state index contributed by atoms with van der Waals surface area (Å²) in [6.07, 6.45) is 3.36. The SMILES string of the molecule is C[Si](C)(C)[C@@H](CCCOCc1ccccc1)C(=O)N1CCC[C@H]1C(O)(c1ccccc1)c1ccccc1. The summed E-state index contributed by atoms with van der Waals surface area (Å²) in [6.45, 7) is 8.79. The molecule has 1 heterocycles. The van der Waals surface area contributed by atoms with Crippen molar-refractivity contribution in [3.63, 3.8) is 0 Å². The molecule has 4 rings (SSSR count). The van der Waals surface area contributed by atoms with Crippen LogP contribution in [-0.2, 0) is 21.7 Å². The maximum absolute atomic E-state index is 14.2. The molecule has 4 nitrogen and oxygen atoms in total. The third kappa shape index (κ3) is 6.40. The zero-order chi connectivity index (χ0) is 26.3. The molecule has 3 aromatic rings. The summed E-state index contributed by atoms with van der Waals surface area (Å²) in [4.78, 5) is 16.2. The molecule has 0 unspecified atom stereocenters. The second-order valence-corrected chi connectivity index (χ2v) is 16.7. The number of likely N-dealkylation sites (tertiary alicyclic amines) is 1. The summed E-state index contributed by atoms with van der Waals surface area (Å²) in [6, 6.07) is 29.6. The molecule has 1 amide bonds. The van der Waals surface area contributed by atoms with Gasteiger partial charge in [0.05, 0.1) is 20.7 Å². The van der Waals surface area contributed by atoms with E-state index < -0.39 is 13.7 Å². The van der Waals surface area contributed by atoms with E-state index in [1.165, 1.54) is 5.56 Å². The molecule has 0 aliphatic carbocycles. The maximum Gasteiger partial charge on any atom is 0.223 e. The molecule has 0 saturated carbocycles. The van der Waals surface area contributed by atoms with E-state index in [0.29, 0.717) is 19.8 Å². The largest absolute Gasteiger partial charge is 0.378 e. The zero-order valence-electron chi connectivity index (χ0n) is 22.5. The van der Waals surface area contributed by atoms with Crippen molar-refractivity contribution in [1.82, 2.24) is 4.90 Å². The quantitative estimate of drug-likeness (QED) is 0.231. The molecule has 0 bridgehead atoms. The number of aliphatic hydroxyl groups is 1. The Balaban J connectivity index is 1.51. The first-order valence-electron chi connectivity index (χ1n) is 13.6. The van der Waals surface area contributed by atoms with Crippen LogP contribution >= 0.6 is 0 Å². The van der Waals surface area contributed by atoms with Gasteiger partial charge < -0.3 is 14.7 Å². The van der Waals surface area contributed by atoms with E-state index >= 15 is 0 Å². The summed E-state index contributed by atoms with van der Waals surface area (Å²) in [5.74, 6) is 0.204. The van der Waals surface area contributed by atoms with Crippen molar-refractivity contribution in [2.75, 3.05) is 13.2 Å². The van der Waals surface area contributed by atoms with Gasteiger partial charge in [-0.1, -0.05) is 111 Å². The fraction of sp³-hybridized carbons (Fsp3) is 0.406. The first-order valence-corrected chi connectivity index (χ1v) is 17.1. The number of amides is 1. The van der Waals surface area contributed by atoms with E-state index in [-0.39, 0.29) is 17.5 Å². The second kappa shape index (κ2) is 12.2. The highest BCUT2D eigenvalue weighted by molar-refractivity contribution is 6.80. The molecule has 1 aliphatic rings. The summed E-state index contributed by atoms with van der Waals surface area (Å²) in [5.41, 5.74) is 1.58. The Hall–Kier alpha value is -2.73. The van der Waals surface area contributed by atoms with E-state index in [0.717, 1.165) is 36.8 Å². The predicted molar refractivity (Wildman–Crippen MR) is 153 cm³/mol. The number of nitrogens with zero attached hydrogens (tertiary/aromatic N) is 1. The molecule has 1 saturated heterocycles. The first kappa shape index (κ1) is 27.3. The molecule has 0 aromatic heterocycles. The number of carbonyl (C=O) groups excluding carboxylic acids is 1. The molecule has 1 N–H and O–H groups in total. The van der Waals surface area contributed by atoms with Crippen LogP contribution < -0.4 is 0 Å². The minimum absolute atomic E-state index is 0.00998. The average Bonchev–Trinajstić information content (AvgIpc) is 3.41. The zero-order valence-corrected chi connectivity index (χ0v) is 23.5. The van der Waals surface area contributed by atoms with Crippen LogP contribution in [0.25, 0.3) is 0 Å². The molecule has 5 heteroatoms. The van der Waals surface area contributed by atoms with Crippen LogP contribution in [0.2, 0.25) is 25.2 Å². The van der Waals surface area contributed by atoms with Crippen LogP contribution in [-0.4, -0.2) is 43.2 Å². The van der Waals surface area contributed by atoms with Gasteiger partial charge in [0.25, 0.3) is 0 Å². The number of benzene rings is 3. The van der Waals surface area contributed by atoms with Crippen LogP contribution in [0.5, 0.6) is 0 Å². The van der Waals surface area contributed by atoms with E-state index in [9.17, 15) is 9.90 Å². The molecule has 3 aromatic carbocycles. The van der Waals surface area contributed by atoms with Crippen molar-refractivity contribution in [3.8, 4) is 0 Å². The van der Waals surface area contributed by atoms with Gasteiger partial charge in [0, 0.05) is 18.7 Å². The monoisotopic (exact) mass is 515 g/mol. The van der Waals surface area contributed by atoms with Gasteiger partial charge in [-0.3, -0.25) is 4.79 Å². The Labute approximate surface area is 223 Å². The normalized spacial score (nSPS) is 17.1. The highest BCUT2D eigenvalue weighted by Gasteiger charge is 2.49. The van der Waals surface area contributed by atoms with E-state index in [1.54, 1.807) is 0 Å². The molecule has 0 radical (unpaired) electrons. The third-order valence-corrected chi connectivity index (χ3v) is 10.3. The van der Waals surface area contributed by atoms with Crippen molar-refractivity contribution in [2.45, 2.75) is 69.1 Å². The topological polar surface area (TPSA) is 49.8 Å². The van der Waals surface area contributed by atoms with Gasteiger partial charge in [0.2, 0.25) is 5.91 Å². The van der Waals surface area contributed by atoms with Crippen LogP contribution in [0.15, 0.2) is 91.0 Å². The van der Waals surface area contributed by atoms with Gasteiger partial charge in [0.15, 0.2) is 0 Å². The van der Waals surface area contributed by atoms with Crippen molar-refractivity contribution >= 4 is 14.0 Å². The Morgan fingerprint density at radius 2 is 1.49 bits per heavy atom. The van der Waals surface area contributed by atoms with E-state index in [4.69, 9.17) is 4.74 Å². The van der Waals surface area contributed by atoms with Crippen molar-refractivity contribution in [2.24, 2.45) is 0 Å². The van der Waals surface area contributed by atoms with Crippen molar-refractivity contribution < 1.29 is 14.6 Å². The number of ether oxygens (including phenoxy) is 1. The summed E-state index contributed by atoms with van der Waals surface area (Å²) in [7, 11) is -1.82. The first-order chi connectivity index (χ1) is 17.8. The molecular weight excluding hydrogens is 474 g/mol. The Morgan fingerprint density at radius 1 is 0.946 bits per heavy atom. The maximum atomic E-state index is 14.2. The summed E-state index contributed by atoms with van der Waals surface area (Å²) in [5, 5.41) is 12.4. The van der Waals surface area contributed by atoms with Gasteiger partial charge >= 0.3 is 0 Å². The lowest BCUT2D eigenvalue weighted by Crippen LogP contribution is -2.53. The molecular formula is C32H41NO3Si. The third-order valence-electron chi connectivity index (χ3n) is 7.68. The average molecular weight is 516 g/mol.